The molecule has 23 heavy (non-hydrogen) atoms. The summed E-state index contributed by atoms with van der Waals surface area (Å²) in [7, 11) is 0. The van der Waals surface area contributed by atoms with Crippen LogP contribution in [0.5, 0.6) is 11.5 Å². The van der Waals surface area contributed by atoms with E-state index >= 15 is 0 Å². The summed E-state index contributed by atoms with van der Waals surface area (Å²) in [5, 5.41) is 10.7. The van der Waals surface area contributed by atoms with Crippen LogP contribution in [-0.2, 0) is 0 Å². The molecule has 0 atom stereocenters. The highest BCUT2D eigenvalue weighted by atomic mass is 16.6. The number of allylic oxidation sites excluding steroid dienone is 1. The largest absolute Gasteiger partial charge is 0.486 e. The van der Waals surface area contributed by atoms with Crippen LogP contribution in [0, 0.1) is 10.1 Å². The summed E-state index contributed by atoms with van der Waals surface area (Å²) >= 11 is 0. The second-order valence-electron chi connectivity index (χ2n) is 4.91. The molecule has 0 N–H and O–H groups in total. The zero-order valence-electron chi connectivity index (χ0n) is 12.1. The van der Waals surface area contributed by atoms with E-state index in [-0.39, 0.29) is 17.0 Å². The van der Waals surface area contributed by atoms with Gasteiger partial charge < -0.3 is 9.47 Å². The molecule has 1 heterocycles. The van der Waals surface area contributed by atoms with Crippen molar-refractivity contribution >= 4 is 17.5 Å². The van der Waals surface area contributed by atoms with Crippen molar-refractivity contribution in [3.05, 3.63) is 69.8 Å². The Morgan fingerprint density at radius 2 is 1.87 bits per heavy atom. The number of fused-ring (bicyclic) bond motifs is 1. The molecule has 0 radical (unpaired) electrons. The summed E-state index contributed by atoms with van der Waals surface area (Å²) in [6.07, 6.45) is 3.02. The highest BCUT2D eigenvalue weighted by Gasteiger charge is 2.12. The van der Waals surface area contributed by atoms with Gasteiger partial charge >= 0.3 is 0 Å². The van der Waals surface area contributed by atoms with E-state index in [9.17, 15) is 14.9 Å². The number of carbonyl (C=O) groups is 1. The van der Waals surface area contributed by atoms with E-state index in [0.29, 0.717) is 24.7 Å². The second-order valence-corrected chi connectivity index (χ2v) is 4.91. The molecule has 2 aromatic carbocycles. The van der Waals surface area contributed by atoms with Gasteiger partial charge in [0.1, 0.15) is 13.2 Å². The molecule has 0 aromatic heterocycles. The van der Waals surface area contributed by atoms with Crippen LogP contribution in [0.15, 0.2) is 48.5 Å². The van der Waals surface area contributed by atoms with Gasteiger partial charge in [0.15, 0.2) is 17.3 Å². The van der Waals surface area contributed by atoms with Crippen molar-refractivity contribution in [1.82, 2.24) is 0 Å². The van der Waals surface area contributed by atoms with Gasteiger partial charge in [0, 0.05) is 17.7 Å². The fourth-order valence-corrected chi connectivity index (χ4v) is 2.20. The molecular weight excluding hydrogens is 298 g/mol. The van der Waals surface area contributed by atoms with Gasteiger partial charge in [0.25, 0.3) is 5.69 Å². The number of rotatable bonds is 4. The minimum Gasteiger partial charge on any atom is -0.486 e. The lowest BCUT2D eigenvalue weighted by atomic mass is 10.1. The van der Waals surface area contributed by atoms with Crippen LogP contribution in [0.1, 0.15) is 15.9 Å². The molecule has 0 bridgehead atoms. The molecule has 0 aliphatic carbocycles. The van der Waals surface area contributed by atoms with Crippen molar-refractivity contribution < 1.29 is 19.2 Å². The number of ether oxygens (including phenoxy) is 2. The second kappa shape index (κ2) is 6.31. The standard InChI is InChI=1S/C17H13NO5/c19-15(13-2-1-3-14(11-13)18(20)21)6-4-12-5-7-16-17(10-12)23-9-8-22-16/h1-7,10-11H,8-9H2/b6-4+. The molecule has 0 saturated heterocycles. The maximum absolute atomic E-state index is 12.1. The van der Waals surface area contributed by atoms with Crippen LogP contribution in [0.25, 0.3) is 6.08 Å². The van der Waals surface area contributed by atoms with Gasteiger partial charge in [-0.1, -0.05) is 24.3 Å². The average Bonchev–Trinajstić information content (AvgIpc) is 2.59. The van der Waals surface area contributed by atoms with Crippen molar-refractivity contribution in [2.45, 2.75) is 0 Å². The average molecular weight is 311 g/mol. The van der Waals surface area contributed by atoms with E-state index in [2.05, 4.69) is 0 Å². The predicted octanol–water partition coefficient (Wildman–Crippen LogP) is 3.26. The summed E-state index contributed by atoms with van der Waals surface area (Å²) in [5.41, 5.74) is 0.949. The Kier molecular flexibility index (Phi) is 4.05. The van der Waals surface area contributed by atoms with Crippen molar-refractivity contribution in [1.29, 1.82) is 0 Å². The zero-order valence-corrected chi connectivity index (χ0v) is 12.1. The van der Waals surface area contributed by atoms with E-state index < -0.39 is 4.92 Å². The third kappa shape index (κ3) is 3.37. The smallest absolute Gasteiger partial charge is 0.270 e. The molecular formula is C17H13NO5. The lowest BCUT2D eigenvalue weighted by molar-refractivity contribution is -0.384. The minimum atomic E-state index is -0.526. The van der Waals surface area contributed by atoms with E-state index in [1.807, 2.05) is 6.07 Å². The molecule has 1 aliphatic rings. The number of nitrogens with zero attached hydrogens (tertiary/aromatic N) is 1. The summed E-state index contributed by atoms with van der Waals surface area (Å²) in [6.45, 7) is 1.01. The fraction of sp³-hybridized carbons (Fsp3) is 0.118. The number of hydrogen-bond donors (Lipinski definition) is 0. The van der Waals surface area contributed by atoms with E-state index in [0.717, 1.165) is 5.56 Å². The molecule has 2 aromatic rings. The van der Waals surface area contributed by atoms with Crippen LogP contribution in [-0.4, -0.2) is 23.9 Å². The van der Waals surface area contributed by atoms with Gasteiger partial charge in [-0.3, -0.25) is 14.9 Å². The summed E-state index contributed by atoms with van der Waals surface area (Å²) in [4.78, 5) is 22.3. The first-order valence-corrected chi connectivity index (χ1v) is 7.00. The molecule has 0 amide bonds. The summed E-state index contributed by atoms with van der Waals surface area (Å²) in [5.74, 6) is 1.02. The molecule has 6 heteroatoms. The van der Waals surface area contributed by atoms with Gasteiger partial charge in [0.05, 0.1) is 4.92 Å². The zero-order chi connectivity index (χ0) is 16.2. The van der Waals surface area contributed by atoms with Gasteiger partial charge in [0.2, 0.25) is 0 Å². The van der Waals surface area contributed by atoms with Gasteiger partial charge in [-0.05, 0) is 23.8 Å². The maximum atomic E-state index is 12.1. The molecule has 1 aliphatic heterocycles. The van der Waals surface area contributed by atoms with Crippen LogP contribution in [0.3, 0.4) is 0 Å². The molecule has 0 unspecified atom stereocenters. The molecule has 0 spiro atoms. The summed E-state index contributed by atoms with van der Waals surface area (Å²) in [6, 6.07) is 11.0. The Hall–Kier alpha value is -3.15. The van der Waals surface area contributed by atoms with Crippen molar-refractivity contribution in [3.8, 4) is 11.5 Å². The molecule has 6 nitrogen and oxygen atoms in total. The Balaban J connectivity index is 1.78. The van der Waals surface area contributed by atoms with Crippen LogP contribution >= 0.6 is 0 Å². The lowest BCUT2D eigenvalue weighted by Crippen LogP contribution is -2.15. The minimum absolute atomic E-state index is 0.108. The van der Waals surface area contributed by atoms with Crippen LogP contribution in [0.2, 0.25) is 0 Å². The van der Waals surface area contributed by atoms with Crippen molar-refractivity contribution in [3.63, 3.8) is 0 Å². The number of ketones is 1. The van der Waals surface area contributed by atoms with E-state index in [4.69, 9.17) is 9.47 Å². The first kappa shape index (κ1) is 14.8. The normalized spacial score (nSPS) is 13.0. The van der Waals surface area contributed by atoms with Crippen LogP contribution < -0.4 is 9.47 Å². The number of hydrogen-bond acceptors (Lipinski definition) is 5. The molecule has 0 fully saturated rings. The van der Waals surface area contributed by atoms with Gasteiger partial charge in [-0.25, -0.2) is 0 Å². The van der Waals surface area contributed by atoms with E-state index in [1.54, 1.807) is 24.3 Å². The lowest BCUT2D eigenvalue weighted by Gasteiger charge is -2.18. The highest BCUT2D eigenvalue weighted by molar-refractivity contribution is 6.07. The predicted molar refractivity (Wildman–Crippen MR) is 83.9 cm³/mol. The number of nitro groups is 1. The Bertz CT molecular complexity index is 797. The number of carbonyl (C=O) groups excluding carboxylic acids is 1. The molecule has 3 rings (SSSR count). The topological polar surface area (TPSA) is 78.7 Å². The first-order chi connectivity index (χ1) is 11.1. The summed E-state index contributed by atoms with van der Waals surface area (Å²) < 4.78 is 10.9. The number of non-ortho nitro benzene ring substituents is 1. The molecule has 116 valence electrons. The number of nitro benzene ring substituents is 1. The van der Waals surface area contributed by atoms with Gasteiger partial charge in [-0.15, -0.1) is 0 Å². The van der Waals surface area contributed by atoms with Crippen molar-refractivity contribution in [2.75, 3.05) is 13.2 Å². The maximum Gasteiger partial charge on any atom is 0.270 e. The van der Waals surface area contributed by atoms with E-state index in [1.165, 1.54) is 24.3 Å². The quantitative estimate of drug-likeness (QED) is 0.375. The Labute approximate surface area is 132 Å². The SMILES string of the molecule is O=C(/C=C/c1ccc2c(c1)OCCO2)c1cccc([N+](=O)[O-])c1. The third-order valence-corrected chi connectivity index (χ3v) is 3.33. The third-order valence-electron chi connectivity index (χ3n) is 3.33. The monoisotopic (exact) mass is 311 g/mol. The van der Waals surface area contributed by atoms with Crippen molar-refractivity contribution in [2.24, 2.45) is 0 Å². The number of benzene rings is 2. The highest BCUT2D eigenvalue weighted by Crippen LogP contribution is 2.31. The Morgan fingerprint density at radius 3 is 2.65 bits per heavy atom. The fourth-order valence-electron chi connectivity index (χ4n) is 2.20. The van der Waals surface area contributed by atoms with Crippen LogP contribution in [0.4, 0.5) is 5.69 Å². The Morgan fingerprint density at radius 1 is 1.09 bits per heavy atom. The van der Waals surface area contributed by atoms with Gasteiger partial charge in [-0.2, -0.15) is 0 Å². The first-order valence-electron chi connectivity index (χ1n) is 7.00. The molecule has 0 saturated carbocycles.